The summed E-state index contributed by atoms with van der Waals surface area (Å²) < 4.78 is 7.35. The van der Waals surface area contributed by atoms with Gasteiger partial charge < -0.3 is 15.4 Å². The minimum Gasteiger partial charge on any atom is -0.495 e. The summed E-state index contributed by atoms with van der Waals surface area (Å²) in [4.78, 5) is 19.4. The van der Waals surface area contributed by atoms with Crippen molar-refractivity contribution in [3.05, 3.63) is 86.8 Å². The molecule has 2 aromatic carbocycles. The van der Waals surface area contributed by atoms with Crippen LogP contribution in [-0.2, 0) is 6.42 Å². The maximum Gasteiger partial charge on any atom is 0.321 e. The highest BCUT2D eigenvalue weighted by Gasteiger charge is 2.32. The van der Waals surface area contributed by atoms with Gasteiger partial charge in [-0.2, -0.15) is 0 Å². The molecule has 8 nitrogen and oxygen atoms in total. The van der Waals surface area contributed by atoms with E-state index in [9.17, 15) is 4.79 Å². The maximum absolute atomic E-state index is 13.1. The van der Waals surface area contributed by atoms with Gasteiger partial charge in [0.1, 0.15) is 16.6 Å². The largest absolute Gasteiger partial charge is 0.495 e. The van der Waals surface area contributed by atoms with Gasteiger partial charge in [-0.05, 0) is 50.1 Å². The molecule has 0 bridgehead atoms. The van der Waals surface area contributed by atoms with Crippen LogP contribution in [0.5, 0.6) is 5.75 Å². The Labute approximate surface area is 218 Å². The monoisotopic (exact) mass is 520 g/mol. The molecule has 0 spiro atoms. The first-order valence-corrected chi connectivity index (χ1v) is 12.7. The number of fused-ring (bicyclic) bond motifs is 3. The number of thiophene rings is 1. The predicted octanol–water partition coefficient (Wildman–Crippen LogP) is 5.84. The van der Waals surface area contributed by atoms with Gasteiger partial charge in [-0.3, -0.25) is 9.56 Å². The number of methoxy groups -OCH3 is 1. The van der Waals surface area contributed by atoms with Crippen LogP contribution in [0.15, 0.2) is 53.5 Å². The molecule has 1 atom stereocenters. The molecule has 4 aromatic rings. The summed E-state index contributed by atoms with van der Waals surface area (Å²) in [7, 11) is 1.56. The Morgan fingerprint density at radius 1 is 1.14 bits per heavy atom. The van der Waals surface area contributed by atoms with Crippen LogP contribution in [0.2, 0.25) is 5.02 Å². The van der Waals surface area contributed by atoms with Crippen molar-refractivity contribution in [3.63, 3.8) is 0 Å². The van der Waals surface area contributed by atoms with E-state index in [4.69, 9.17) is 21.3 Å². The van der Waals surface area contributed by atoms with Crippen molar-refractivity contribution in [2.24, 2.45) is 4.99 Å². The number of anilines is 1. The molecule has 0 fully saturated rings. The minimum atomic E-state index is -0.782. The van der Waals surface area contributed by atoms with E-state index >= 15 is 0 Å². The molecule has 1 aliphatic rings. The lowest BCUT2D eigenvalue weighted by atomic mass is 9.99. The molecule has 1 aliphatic heterocycles. The van der Waals surface area contributed by atoms with Crippen molar-refractivity contribution in [1.29, 1.82) is 0 Å². The number of nitrogens with one attached hydrogen (secondary N) is 2. The number of carbonyl (C=O) groups excluding carboxylic acids is 1. The molecule has 10 heteroatoms. The molecule has 5 rings (SSSR count). The van der Waals surface area contributed by atoms with Crippen LogP contribution in [-0.4, -0.2) is 33.6 Å². The lowest BCUT2D eigenvalue weighted by molar-refractivity contribution is 0.248. The van der Waals surface area contributed by atoms with Crippen LogP contribution < -0.4 is 15.4 Å². The molecule has 0 aliphatic carbocycles. The van der Waals surface area contributed by atoms with E-state index in [0.717, 1.165) is 39.6 Å². The molecule has 0 radical (unpaired) electrons. The molecule has 36 heavy (non-hydrogen) atoms. The van der Waals surface area contributed by atoms with Gasteiger partial charge in [0.2, 0.25) is 0 Å². The summed E-state index contributed by atoms with van der Waals surface area (Å²) in [5, 5.41) is 16.2. The van der Waals surface area contributed by atoms with E-state index in [1.807, 2.05) is 47.9 Å². The molecule has 2 amide bonds. The number of halogens is 1. The number of nitrogens with zero attached hydrogens (tertiary/aromatic N) is 4. The molecular weight excluding hydrogens is 496 g/mol. The van der Waals surface area contributed by atoms with Crippen LogP contribution in [0.1, 0.15) is 46.3 Å². The molecule has 0 saturated carbocycles. The summed E-state index contributed by atoms with van der Waals surface area (Å²) in [5.41, 5.74) is 4.38. The second-order valence-electron chi connectivity index (χ2n) is 8.31. The fourth-order valence-electron chi connectivity index (χ4n) is 4.33. The second-order valence-corrected chi connectivity index (χ2v) is 9.83. The number of aromatic nitrogens is 3. The van der Waals surface area contributed by atoms with Gasteiger partial charge in [-0.25, -0.2) is 4.79 Å². The third-order valence-electron chi connectivity index (χ3n) is 6.08. The highest BCUT2D eigenvalue weighted by Crippen LogP contribution is 2.39. The Balaban J connectivity index is 1.62. The van der Waals surface area contributed by atoms with Crippen LogP contribution in [0.25, 0.3) is 5.00 Å². The fraction of sp³-hybridized carbons (Fsp3) is 0.231. The number of carbonyl (C=O) groups is 1. The van der Waals surface area contributed by atoms with E-state index < -0.39 is 12.2 Å². The maximum atomic E-state index is 13.1. The SMILES string of the molecule is CCc1sc2c(c1C)C(c1ccc(Cl)cc1)=NC(NC(=O)Nc1ccccc1OC)c1nnc(C)n1-2. The van der Waals surface area contributed by atoms with E-state index in [0.29, 0.717) is 22.3 Å². The number of hydrogen-bond acceptors (Lipinski definition) is 6. The molecule has 1 unspecified atom stereocenters. The van der Waals surface area contributed by atoms with Gasteiger partial charge >= 0.3 is 6.03 Å². The second kappa shape index (κ2) is 9.75. The quantitative estimate of drug-likeness (QED) is 0.345. The number of amides is 2. The molecule has 2 N–H and O–H groups in total. The zero-order valence-electron chi connectivity index (χ0n) is 20.3. The Morgan fingerprint density at radius 2 is 1.89 bits per heavy atom. The van der Waals surface area contributed by atoms with Gasteiger partial charge in [-0.1, -0.05) is 42.8 Å². The molecule has 0 saturated heterocycles. The van der Waals surface area contributed by atoms with Crippen LogP contribution >= 0.6 is 22.9 Å². The summed E-state index contributed by atoms with van der Waals surface area (Å²) in [6.07, 6.45) is 0.118. The summed E-state index contributed by atoms with van der Waals surface area (Å²) in [5.74, 6) is 1.82. The Bertz CT molecular complexity index is 1470. The number of aryl methyl sites for hydroxylation is 2. The minimum absolute atomic E-state index is 0.438. The zero-order chi connectivity index (χ0) is 25.4. The average Bonchev–Trinajstić information content (AvgIpc) is 3.37. The van der Waals surface area contributed by atoms with Gasteiger partial charge in [0.15, 0.2) is 12.0 Å². The van der Waals surface area contributed by atoms with Gasteiger partial charge in [0, 0.05) is 21.0 Å². The number of urea groups is 1. The average molecular weight is 521 g/mol. The summed E-state index contributed by atoms with van der Waals surface area (Å²) >= 11 is 7.88. The third-order valence-corrected chi connectivity index (χ3v) is 7.75. The van der Waals surface area contributed by atoms with Crippen molar-refractivity contribution in [2.75, 3.05) is 12.4 Å². The molecule has 184 valence electrons. The number of ether oxygens (including phenoxy) is 1. The molecular formula is C26H25ClN6O2S. The predicted molar refractivity (Wildman–Crippen MR) is 143 cm³/mol. The van der Waals surface area contributed by atoms with Crippen molar-refractivity contribution < 1.29 is 9.53 Å². The molecule has 2 aromatic heterocycles. The summed E-state index contributed by atoms with van der Waals surface area (Å²) in [6, 6.07) is 14.4. The number of aliphatic imine (C=N–C) groups is 1. The zero-order valence-corrected chi connectivity index (χ0v) is 21.9. The van der Waals surface area contributed by atoms with E-state index in [2.05, 4.69) is 34.7 Å². The molecule has 3 heterocycles. The van der Waals surface area contributed by atoms with Gasteiger partial charge in [0.25, 0.3) is 0 Å². The van der Waals surface area contributed by atoms with E-state index in [1.165, 1.54) is 4.88 Å². The lowest BCUT2D eigenvalue weighted by Crippen LogP contribution is -2.33. The van der Waals surface area contributed by atoms with Crippen molar-refractivity contribution >= 4 is 40.4 Å². The smallest absolute Gasteiger partial charge is 0.321 e. The van der Waals surface area contributed by atoms with Crippen LogP contribution in [0.3, 0.4) is 0 Å². The highest BCUT2D eigenvalue weighted by molar-refractivity contribution is 7.15. The fourth-order valence-corrected chi connectivity index (χ4v) is 5.76. The third kappa shape index (κ3) is 4.25. The summed E-state index contributed by atoms with van der Waals surface area (Å²) in [6.45, 7) is 6.16. The van der Waals surface area contributed by atoms with E-state index in [-0.39, 0.29) is 0 Å². The topological polar surface area (TPSA) is 93.4 Å². The van der Waals surface area contributed by atoms with Crippen molar-refractivity contribution in [3.8, 4) is 10.8 Å². The lowest BCUT2D eigenvalue weighted by Gasteiger charge is -2.16. The first-order chi connectivity index (χ1) is 17.4. The van der Waals surface area contributed by atoms with E-state index in [1.54, 1.807) is 30.6 Å². The number of hydrogen-bond donors (Lipinski definition) is 2. The first-order valence-electron chi connectivity index (χ1n) is 11.5. The first kappa shape index (κ1) is 24.0. The van der Waals surface area contributed by atoms with Crippen molar-refractivity contribution in [1.82, 2.24) is 20.1 Å². The highest BCUT2D eigenvalue weighted by atomic mass is 35.5. The number of para-hydroxylation sites is 2. The Hall–Kier alpha value is -3.69. The standard InChI is InChI=1S/C26H25ClN6O2S/c1-5-20-14(2)21-22(16-10-12-17(27)13-11-16)29-23(24-32-31-15(3)33(24)25(21)36-20)30-26(34)28-18-8-6-7-9-19(18)35-4/h6-13,23H,5H2,1-4H3,(H2,28,30,34). The Morgan fingerprint density at radius 3 is 2.61 bits per heavy atom. The van der Waals surface area contributed by atoms with Crippen molar-refractivity contribution in [2.45, 2.75) is 33.4 Å². The number of benzene rings is 2. The van der Waals surface area contributed by atoms with Crippen LogP contribution in [0.4, 0.5) is 10.5 Å². The Kier molecular flexibility index (Phi) is 6.51. The van der Waals surface area contributed by atoms with Gasteiger partial charge in [-0.15, -0.1) is 21.5 Å². The normalized spacial score (nSPS) is 14.4. The van der Waals surface area contributed by atoms with Gasteiger partial charge in [0.05, 0.1) is 18.5 Å². The van der Waals surface area contributed by atoms with Crippen LogP contribution in [0, 0.1) is 13.8 Å². The number of rotatable bonds is 5.